The number of rotatable bonds is 2. The average molecular weight is 284 g/mol. The Labute approximate surface area is 124 Å². The normalized spacial score (nSPS) is 24.5. The molecule has 2 heterocycles. The predicted molar refractivity (Wildman–Crippen MR) is 79.7 cm³/mol. The molecule has 1 aromatic rings. The number of nitrogens with zero attached hydrogens (tertiary/aromatic N) is 3. The van der Waals surface area contributed by atoms with Gasteiger partial charge in [-0.2, -0.15) is 5.26 Å². The van der Waals surface area contributed by atoms with Crippen LogP contribution >= 0.6 is 0 Å². The second kappa shape index (κ2) is 5.36. The van der Waals surface area contributed by atoms with E-state index in [2.05, 4.69) is 17.9 Å². The first kappa shape index (κ1) is 13.9. The molecule has 1 saturated heterocycles. The van der Waals surface area contributed by atoms with Crippen molar-refractivity contribution in [3.05, 3.63) is 22.9 Å². The Morgan fingerprint density at radius 1 is 1.48 bits per heavy atom. The standard InChI is InChI=1S/C16H20N4O/c1-10-5-6-12(15(18)21)9-20(10)16-13(8-17)7-11-3-2-4-14(11)19-16/h7,10,12H,2-6,9H2,1H3,(H2,18,21). The van der Waals surface area contributed by atoms with Crippen LogP contribution < -0.4 is 10.6 Å². The van der Waals surface area contributed by atoms with Crippen molar-refractivity contribution in [3.8, 4) is 6.07 Å². The number of carbonyl (C=O) groups is 1. The van der Waals surface area contributed by atoms with Crippen molar-refractivity contribution in [1.82, 2.24) is 4.98 Å². The molecule has 0 saturated carbocycles. The van der Waals surface area contributed by atoms with E-state index in [1.165, 1.54) is 5.56 Å². The topological polar surface area (TPSA) is 83.0 Å². The summed E-state index contributed by atoms with van der Waals surface area (Å²) >= 11 is 0. The Hall–Kier alpha value is -2.09. The summed E-state index contributed by atoms with van der Waals surface area (Å²) in [6.07, 6.45) is 4.82. The second-order valence-electron chi connectivity index (χ2n) is 6.11. The Morgan fingerprint density at radius 3 is 3.00 bits per heavy atom. The maximum Gasteiger partial charge on any atom is 0.222 e. The molecule has 2 aliphatic rings. The fraction of sp³-hybridized carbons (Fsp3) is 0.562. The van der Waals surface area contributed by atoms with E-state index in [4.69, 9.17) is 10.7 Å². The molecule has 3 rings (SSSR count). The number of aryl methyl sites for hydroxylation is 2. The number of hydrogen-bond acceptors (Lipinski definition) is 4. The Balaban J connectivity index is 1.98. The zero-order chi connectivity index (χ0) is 15.0. The minimum Gasteiger partial charge on any atom is -0.369 e. The van der Waals surface area contributed by atoms with Gasteiger partial charge in [-0.05, 0) is 50.7 Å². The van der Waals surface area contributed by atoms with Gasteiger partial charge in [0.2, 0.25) is 5.91 Å². The second-order valence-corrected chi connectivity index (χ2v) is 6.11. The quantitative estimate of drug-likeness (QED) is 0.892. The molecular weight excluding hydrogens is 264 g/mol. The molecule has 5 heteroatoms. The summed E-state index contributed by atoms with van der Waals surface area (Å²) in [5, 5.41) is 9.43. The molecule has 2 unspecified atom stereocenters. The van der Waals surface area contributed by atoms with Crippen LogP contribution in [0.4, 0.5) is 5.82 Å². The average Bonchev–Trinajstić information content (AvgIpc) is 2.93. The van der Waals surface area contributed by atoms with E-state index in [1.807, 2.05) is 6.07 Å². The van der Waals surface area contributed by atoms with Crippen LogP contribution in [0, 0.1) is 17.2 Å². The third-order valence-electron chi connectivity index (χ3n) is 4.71. The molecule has 2 atom stereocenters. The number of hydrogen-bond donors (Lipinski definition) is 1. The summed E-state index contributed by atoms with van der Waals surface area (Å²) in [7, 11) is 0. The monoisotopic (exact) mass is 284 g/mol. The van der Waals surface area contributed by atoms with Crippen LogP contribution in [0.5, 0.6) is 0 Å². The summed E-state index contributed by atoms with van der Waals surface area (Å²) in [4.78, 5) is 18.3. The number of anilines is 1. The smallest absolute Gasteiger partial charge is 0.222 e. The molecule has 1 aliphatic heterocycles. The Bertz CT molecular complexity index is 619. The highest BCUT2D eigenvalue weighted by Gasteiger charge is 2.31. The lowest BCUT2D eigenvalue weighted by Gasteiger charge is -2.38. The van der Waals surface area contributed by atoms with Crippen LogP contribution in [-0.2, 0) is 17.6 Å². The molecule has 1 aromatic heterocycles. The van der Waals surface area contributed by atoms with Gasteiger partial charge < -0.3 is 10.6 Å². The fourth-order valence-electron chi connectivity index (χ4n) is 3.40. The number of nitriles is 1. The lowest BCUT2D eigenvalue weighted by atomic mass is 9.92. The lowest BCUT2D eigenvalue weighted by molar-refractivity contribution is -0.122. The van der Waals surface area contributed by atoms with E-state index in [0.29, 0.717) is 12.1 Å². The summed E-state index contributed by atoms with van der Waals surface area (Å²) in [6, 6.07) is 4.52. The number of nitrogens with two attached hydrogens (primary N) is 1. The third-order valence-corrected chi connectivity index (χ3v) is 4.71. The first-order valence-electron chi connectivity index (χ1n) is 7.59. The first-order chi connectivity index (χ1) is 10.1. The molecule has 0 spiro atoms. The molecule has 0 bridgehead atoms. The number of carbonyl (C=O) groups excluding carboxylic acids is 1. The molecule has 1 fully saturated rings. The highest BCUT2D eigenvalue weighted by atomic mass is 16.1. The van der Waals surface area contributed by atoms with E-state index in [0.717, 1.165) is 43.6 Å². The largest absolute Gasteiger partial charge is 0.369 e. The van der Waals surface area contributed by atoms with E-state index >= 15 is 0 Å². The van der Waals surface area contributed by atoms with Gasteiger partial charge in [0.25, 0.3) is 0 Å². The summed E-state index contributed by atoms with van der Waals surface area (Å²) in [6.45, 7) is 2.68. The molecule has 1 amide bonds. The minimum absolute atomic E-state index is 0.150. The molecule has 21 heavy (non-hydrogen) atoms. The number of fused-ring (bicyclic) bond motifs is 1. The lowest BCUT2D eigenvalue weighted by Crippen LogP contribution is -2.46. The zero-order valence-electron chi connectivity index (χ0n) is 12.3. The van der Waals surface area contributed by atoms with Crippen LogP contribution in [-0.4, -0.2) is 23.5 Å². The highest BCUT2D eigenvalue weighted by molar-refractivity contribution is 5.77. The van der Waals surface area contributed by atoms with Gasteiger partial charge >= 0.3 is 0 Å². The van der Waals surface area contributed by atoms with Crippen molar-refractivity contribution in [1.29, 1.82) is 5.26 Å². The van der Waals surface area contributed by atoms with E-state index < -0.39 is 0 Å². The summed E-state index contributed by atoms with van der Waals surface area (Å²) in [5.74, 6) is 0.325. The van der Waals surface area contributed by atoms with Gasteiger partial charge in [0.1, 0.15) is 11.9 Å². The van der Waals surface area contributed by atoms with E-state index in [9.17, 15) is 10.1 Å². The van der Waals surface area contributed by atoms with Gasteiger partial charge in [-0.3, -0.25) is 4.79 Å². The maximum absolute atomic E-state index is 11.5. The number of amides is 1. The van der Waals surface area contributed by atoms with Gasteiger partial charge in [-0.25, -0.2) is 4.98 Å². The number of primary amides is 1. The SMILES string of the molecule is CC1CCC(C(N)=O)CN1c1nc2c(cc1C#N)CCC2. The van der Waals surface area contributed by atoms with Gasteiger partial charge in [-0.15, -0.1) is 0 Å². The van der Waals surface area contributed by atoms with Crippen LogP contribution in [0.2, 0.25) is 0 Å². The number of aromatic nitrogens is 1. The van der Waals surface area contributed by atoms with Crippen LogP contribution in [0.15, 0.2) is 6.07 Å². The highest BCUT2D eigenvalue weighted by Crippen LogP contribution is 2.32. The molecule has 0 aromatic carbocycles. The fourth-order valence-corrected chi connectivity index (χ4v) is 3.40. The molecule has 2 N–H and O–H groups in total. The molecule has 0 radical (unpaired) electrons. The van der Waals surface area contributed by atoms with Crippen molar-refractivity contribution in [3.63, 3.8) is 0 Å². The minimum atomic E-state index is -0.258. The number of piperidine rings is 1. The van der Waals surface area contributed by atoms with Gasteiger partial charge in [0.05, 0.1) is 11.5 Å². The van der Waals surface area contributed by atoms with Gasteiger partial charge in [-0.1, -0.05) is 0 Å². The molecule has 5 nitrogen and oxygen atoms in total. The van der Waals surface area contributed by atoms with Crippen molar-refractivity contribution in [2.24, 2.45) is 11.7 Å². The van der Waals surface area contributed by atoms with E-state index in [1.54, 1.807) is 0 Å². The third kappa shape index (κ3) is 2.46. The molecular formula is C16H20N4O. The van der Waals surface area contributed by atoms with Crippen molar-refractivity contribution in [2.75, 3.05) is 11.4 Å². The maximum atomic E-state index is 11.5. The van der Waals surface area contributed by atoms with E-state index in [-0.39, 0.29) is 17.9 Å². The number of pyridine rings is 1. The Kier molecular flexibility index (Phi) is 3.54. The van der Waals surface area contributed by atoms with Crippen LogP contribution in [0.1, 0.15) is 43.0 Å². The Morgan fingerprint density at radius 2 is 2.29 bits per heavy atom. The molecule has 1 aliphatic carbocycles. The summed E-state index contributed by atoms with van der Waals surface area (Å²) < 4.78 is 0. The van der Waals surface area contributed by atoms with Crippen molar-refractivity contribution in [2.45, 2.75) is 45.1 Å². The first-order valence-corrected chi connectivity index (χ1v) is 7.59. The van der Waals surface area contributed by atoms with Gasteiger partial charge in [0, 0.05) is 18.3 Å². The van der Waals surface area contributed by atoms with Gasteiger partial charge in [0.15, 0.2) is 0 Å². The van der Waals surface area contributed by atoms with Crippen LogP contribution in [0.3, 0.4) is 0 Å². The predicted octanol–water partition coefficient (Wildman–Crippen LogP) is 1.53. The van der Waals surface area contributed by atoms with Crippen molar-refractivity contribution < 1.29 is 4.79 Å². The van der Waals surface area contributed by atoms with Crippen LogP contribution in [0.25, 0.3) is 0 Å². The zero-order valence-corrected chi connectivity index (χ0v) is 12.3. The van der Waals surface area contributed by atoms with Crippen molar-refractivity contribution >= 4 is 11.7 Å². The molecule has 110 valence electrons. The summed E-state index contributed by atoms with van der Waals surface area (Å²) in [5.41, 5.74) is 8.39.